The molecule has 0 bridgehead atoms. The summed E-state index contributed by atoms with van der Waals surface area (Å²) in [6, 6.07) is 10.1. The van der Waals surface area contributed by atoms with Crippen molar-refractivity contribution in [3.8, 4) is 17.0 Å². The molecule has 0 spiro atoms. The minimum Gasteiger partial charge on any atom is -0.494 e. The summed E-state index contributed by atoms with van der Waals surface area (Å²) >= 11 is 0. The van der Waals surface area contributed by atoms with E-state index in [1.54, 1.807) is 18.0 Å². The largest absolute Gasteiger partial charge is 0.494 e. The molecule has 2 amide bonds. The number of piperazine rings is 1. The Hall–Kier alpha value is -3.82. The Bertz CT molecular complexity index is 1260. The number of hydrogen-bond acceptors (Lipinski definition) is 7. The molecule has 2 aromatic heterocycles. The maximum atomic E-state index is 13.2. The second-order valence-electron chi connectivity index (χ2n) is 10.1. The number of hydrogen-bond donors (Lipinski definition) is 0. The molecule has 2 aliphatic rings. The Labute approximate surface area is 229 Å². The summed E-state index contributed by atoms with van der Waals surface area (Å²) in [7, 11) is 0. The maximum Gasteiger partial charge on any atom is 0.409 e. The van der Waals surface area contributed by atoms with Crippen LogP contribution < -0.4 is 9.64 Å². The molecule has 1 aromatic carbocycles. The van der Waals surface area contributed by atoms with Crippen LogP contribution in [0.3, 0.4) is 0 Å². The van der Waals surface area contributed by atoms with Gasteiger partial charge in [0.2, 0.25) is 5.91 Å². The van der Waals surface area contributed by atoms with Crippen LogP contribution in [0.5, 0.6) is 5.75 Å². The third-order valence-electron chi connectivity index (χ3n) is 7.55. The van der Waals surface area contributed by atoms with Crippen LogP contribution in [0.2, 0.25) is 0 Å². The van der Waals surface area contributed by atoms with Crippen molar-refractivity contribution in [3.63, 3.8) is 0 Å². The van der Waals surface area contributed by atoms with Crippen LogP contribution in [0.15, 0.2) is 42.7 Å². The summed E-state index contributed by atoms with van der Waals surface area (Å²) in [6.45, 7) is 8.73. The van der Waals surface area contributed by atoms with E-state index in [0.29, 0.717) is 32.8 Å². The average molecular weight is 535 g/mol. The summed E-state index contributed by atoms with van der Waals surface area (Å²) in [6.07, 6.45) is 7.07. The lowest BCUT2D eigenvalue weighted by Gasteiger charge is -2.38. The van der Waals surface area contributed by atoms with E-state index in [0.717, 1.165) is 73.7 Å². The highest BCUT2D eigenvalue weighted by molar-refractivity contribution is 5.80. The number of aromatic nitrogens is 3. The van der Waals surface area contributed by atoms with Crippen molar-refractivity contribution in [2.24, 2.45) is 5.92 Å². The van der Waals surface area contributed by atoms with Crippen LogP contribution in [0.25, 0.3) is 16.8 Å². The predicted molar refractivity (Wildman–Crippen MR) is 149 cm³/mol. The van der Waals surface area contributed by atoms with Gasteiger partial charge in [-0.1, -0.05) is 13.3 Å². The molecule has 0 atom stereocenters. The van der Waals surface area contributed by atoms with Crippen molar-refractivity contribution in [3.05, 3.63) is 42.7 Å². The number of amides is 2. The number of fused-ring (bicyclic) bond motifs is 1. The topological polar surface area (TPSA) is 92.5 Å². The Morgan fingerprint density at radius 2 is 1.69 bits per heavy atom. The minimum atomic E-state index is -0.295. The first-order chi connectivity index (χ1) is 19.1. The molecular weight excluding hydrogens is 496 g/mol. The molecule has 208 valence electrons. The molecule has 2 saturated heterocycles. The third-order valence-corrected chi connectivity index (χ3v) is 7.55. The fourth-order valence-electron chi connectivity index (χ4n) is 5.27. The molecule has 10 nitrogen and oxygen atoms in total. The Morgan fingerprint density at radius 1 is 0.974 bits per heavy atom. The molecule has 0 unspecified atom stereocenters. The lowest BCUT2D eigenvalue weighted by Crippen LogP contribution is -2.53. The van der Waals surface area contributed by atoms with E-state index in [1.807, 2.05) is 39.9 Å². The standard InChI is InChI=1S/C29H38N6O4/c1-3-5-20-39-24-8-6-22(7-9-24)25-21-26-27(30-12-15-35(26)31-25)32-13-10-23(11-14-32)28(36)33-16-18-34(19-17-33)29(37)38-4-2/h6-9,12,15,21,23H,3-5,10-11,13-14,16-20H2,1-2H3. The Morgan fingerprint density at radius 3 is 2.38 bits per heavy atom. The maximum absolute atomic E-state index is 13.2. The lowest BCUT2D eigenvalue weighted by molar-refractivity contribution is -0.137. The third kappa shape index (κ3) is 6.10. The molecule has 0 aliphatic carbocycles. The van der Waals surface area contributed by atoms with Gasteiger partial charge in [0.15, 0.2) is 5.82 Å². The van der Waals surface area contributed by atoms with Crippen molar-refractivity contribution in [1.29, 1.82) is 0 Å². The van der Waals surface area contributed by atoms with Crippen molar-refractivity contribution < 1.29 is 19.1 Å². The molecule has 5 rings (SSSR count). The van der Waals surface area contributed by atoms with Gasteiger partial charge in [-0.15, -0.1) is 0 Å². The second kappa shape index (κ2) is 12.4. The number of benzene rings is 1. The zero-order valence-electron chi connectivity index (χ0n) is 22.9. The number of piperidine rings is 1. The van der Waals surface area contributed by atoms with Crippen LogP contribution in [0.1, 0.15) is 39.5 Å². The molecule has 4 heterocycles. The lowest BCUT2D eigenvalue weighted by atomic mass is 9.95. The molecular formula is C29H38N6O4. The number of carbonyl (C=O) groups is 2. The van der Waals surface area contributed by atoms with Crippen molar-refractivity contribution in [1.82, 2.24) is 24.4 Å². The summed E-state index contributed by atoms with van der Waals surface area (Å²) in [5.74, 6) is 1.95. The predicted octanol–water partition coefficient (Wildman–Crippen LogP) is 4.09. The molecule has 0 radical (unpaired) electrons. The van der Waals surface area contributed by atoms with Crippen molar-refractivity contribution in [2.45, 2.75) is 39.5 Å². The quantitative estimate of drug-likeness (QED) is 0.402. The molecule has 39 heavy (non-hydrogen) atoms. The van der Waals surface area contributed by atoms with Gasteiger partial charge in [0, 0.05) is 63.1 Å². The van der Waals surface area contributed by atoms with Gasteiger partial charge in [0.1, 0.15) is 11.3 Å². The van der Waals surface area contributed by atoms with Gasteiger partial charge >= 0.3 is 6.09 Å². The minimum absolute atomic E-state index is 0.00587. The normalized spacial score (nSPS) is 16.5. The average Bonchev–Trinajstić information content (AvgIpc) is 3.42. The number of unbranched alkanes of at least 4 members (excludes halogenated alkanes) is 1. The summed E-state index contributed by atoms with van der Waals surface area (Å²) < 4.78 is 12.8. The fraction of sp³-hybridized carbons (Fsp3) is 0.517. The smallest absolute Gasteiger partial charge is 0.409 e. The van der Waals surface area contributed by atoms with Crippen molar-refractivity contribution >= 4 is 23.3 Å². The van der Waals surface area contributed by atoms with Crippen molar-refractivity contribution in [2.75, 3.05) is 57.4 Å². The van der Waals surface area contributed by atoms with Gasteiger partial charge < -0.3 is 24.2 Å². The summed E-state index contributed by atoms with van der Waals surface area (Å²) in [5.41, 5.74) is 2.87. The Kier molecular flexibility index (Phi) is 8.48. The highest BCUT2D eigenvalue weighted by atomic mass is 16.6. The van der Waals surface area contributed by atoms with E-state index in [1.165, 1.54) is 0 Å². The van der Waals surface area contributed by atoms with Crippen LogP contribution >= 0.6 is 0 Å². The molecule has 2 aliphatic heterocycles. The molecule has 0 saturated carbocycles. The van der Waals surface area contributed by atoms with E-state index in [-0.39, 0.29) is 17.9 Å². The molecule has 0 N–H and O–H groups in total. The zero-order chi connectivity index (χ0) is 27.2. The zero-order valence-corrected chi connectivity index (χ0v) is 22.9. The molecule has 10 heteroatoms. The van der Waals surface area contributed by atoms with Crippen LogP contribution in [0.4, 0.5) is 10.6 Å². The first-order valence-corrected chi connectivity index (χ1v) is 14.1. The number of carbonyl (C=O) groups excluding carboxylic acids is 2. The van der Waals surface area contributed by atoms with Crippen LogP contribution in [-0.2, 0) is 9.53 Å². The van der Waals surface area contributed by atoms with Crippen LogP contribution in [0, 0.1) is 5.92 Å². The first-order valence-electron chi connectivity index (χ1n) is 14.1. The Balaban J connectivity index is 1.19. The number of anilines is 1. The second-order valence-corrected chi connectivity index (χ2v) is 10.1. The summed E-state index contributed by atoms with van der Waals surface area (Å²) in [5, 5.41) is 4.79. The molecule has 2 fully saturated rings. The highest BCUT2D eigenvalue weighted by Crippen LogP contribution is 2.30. The van der Waals surface area contributed by atoms with Gasteiger partial charge in [-0.25, -0.2) is 14.3 Å². The monoisotopic (exact) mass is 534 g/mol. The van der Waals surface area contributed by atoms with E-state index < -0.39 is 0 Å². The fourth-order valence-corrected chi connectivity index (χ4v) is 5.27. The van der Waals surface area contributed by atoms with E-state index in [4.69, 9.17) is 19.6 Å². The van der Waals surface area contributed by atoms with E-state index in [9.17, 15) is 9.59 Å². The van der Waals surface area contributed by atoms with Gasteiger partial charge in [-0.2, -0.15) is 5.10 Å². The van der Waals surface area contributed by atoms with Gasteiger partial charge in [-0.05, 0) is 56.5 Å². The molecule has 3 aromatic rings. The SMILES string of the molecule is CCCCOc1ccc(-c2cc3c(N4CCC(C(=O)N5CCN(C(=O)OCC)CC5)CC4)nccn3n2)cc1. The van der Waals surface area contributed by atoms with Gasteiger partial charge in [0.05, 0.1) is 18.9 Å². The number of nitrogens with zero attached hydrogens (tertiary/aromatic N) is 6. The number of rotatable bonds is 8. The number of ether oxygens (including phenoxy) is 2. The van der Waals surface area contributed by atoms with E-state index >= 15 is 0 Å². The van der Waals surface area contributed by atoms with Gasteiger partial charge in [-0.3, -0.25) is 4.79 Å². The summed E-state index contributed by atoms with van der Waals surface area (Å²) in [4.78, 5) is 35.7. The van der Waals surface area contributed by atoms with Crippen LogP contribution in [-0.4, -0.2) is 88.9 Å². The van der Waals surface area contributed by atoms with Gasteiger partial charge in [0.25, 0.3) is 0 Å². The first kappa shape index (κ1) is 26.8. The van der Waals surface area contributed by atoms with E-state index in [2.05, 4.69) is 17.9 Å². The highest BCUT2D eigenvalue weighted by Gasteiger charge is 2.32.